The van der Waals surface area contributed by atoms with Gasteiger partial charge in [0.2, 0.25) is 11.8 Å². The molecule has 0 unspecified atom stereocenters. The lowest BCUT2D eigenvalue weighted by Crippen LogP contribution is -2.01. The molecule has 0 saturated carbocycles. The van der Waals surface area contributed by atoms with Gasteiger partial charge in [0.1, 0.15) is 5.82 Å². The molecule has 0 aliphatic carbocycles. The topological polar surface area (TPSA) is 133 Å². The van der Waals surface area contributed by atoms with Crippen LogP contribution in [0, 0.1) is 27.0 Å². The van der Waals surface area contributed by atoms with Crippen LogP contribution in [0.15, 0.2) is 107 Å². The average molecular weight is 548 g/mol. The van der Waals surface area contributed by atoms with Crippen LogP contribution in [-0.4, -0.2) is 19.3 Å². The first-order chi connectivity index (χ1) is 20.0. The molecular formula is C31H22FN5O4. The van der Waals surface area contributed by atoms with Crippen LogP contribution >= 0.6 is 0 Å². The minimum atomic E-state index is -0.521. The first kappa shape index (κ1) is 26.8. The Hall–Kier alpha value is -5.82. The van der Waals surface area contributed by atoms with E-state index in [1.54, 1.807) is 34.9 Å². The Morgan fingerprint density at radius 1 is 0.707 bits per heavy atom. The molecule has 0 aliphatic rings. The summed E-state index contributed by atoms with van der Waals surface area (Å²) >= 11 is 0. The van der Waals surface area contributed by atoms with Crippen molar-refractivity contribution in [2.75, 3.05) is 0 Å². The van der Waals surface area contributed by atoms with E-state index in [4.69, 9.17) is 5.26 Å². The van der Waals surface area contributed by atoms with E-state index in [1.807, 2.05) is 48.5 Å². The highest BCUT2D eigenvalue weighted by molar-refractivity contribution is 5.96. The van der Waals surface area contributed by atoms with Crippen LogP contribution in [0.1, 0.15) is 16.7 Å². The molecule has 0 bridgehead atoms. The lowest BCUT2D eigenvalue weighted by atomic mass is 10.1. The van der Waals surface area contributed by atoms with Crippen LogP contribution in [0.5, 0.6) is 11.8 Å². The van der Waals surface area contributed by atoms with E-state index in [9.17, 15) is 24.4 Å². The molecule has 2 heterocycles. The van der Waals surface area contributed by atoms with Gasteiger partial charge in [0.25, 0.3) is 0 Å². The number of hydrogen-bond acceptors (Lipinski definition) is 7. The van der Waals surface area contributed by atoms with Crippen molar-refractivity contribution in [3.63, 3.8) is 0 Å². The predicted octanol–water partition coefficient (Wildman–Crippen LogP) is 7.60. The second kappa shape index (κ2) is 11.5. The Labute approximate surface area is 232 Å². The Bertz CT molecular complexity index is 1940. The molecule has 0 atom stereocenters. The lowest BCUT2D eigenvalue weighted by Gasteiger charge is -2.08. The van der Waals surface area contributed by atoms with Crippen molar-refractivity contribution in [3.05, 3.63) is 129 Å². The van der Waals surface area contributed by atoms with Crippen LogP contribution in [0.4, 0.5) is 15.8 Å². The van der Waals surface area contributed by atoms with E-state index in [0.717, 1.165) is 17.1 Å². The number of para-hydroxylation sites is 1. The van der Waals surface area contributed by atoms with Crippen LogP contribution in [-0.2, 0) is 13.1 Å². The summed E-state index contributed by atoms with van der Waals surface area (Å²) in [7, 11) is 0. The first-order valence-electron chi connectivity index (χ1n) is 12.5. The molecule has 0 fully saturated rings. The minimum absolute atomic E-state index is 0.0833. The predicted molar refractivity (Wildman–Crippen MR) is 154 cm³/mol. The molecule has 0 aliphatic heterocycles. The fourth-order valence-electron chi connectivity index (χ4n) is 4.77. The van der Waals surface area contributed by atoms with Crippen molar-refractivity contribution in [2.24, 2.45) is 10.4 Å². The molecule has 6 rings (SSSR count). The number of nitriles is 1. The molecule has 2 N–H and O–H groups in total. The maximum atomic E-state index is 13.4. The number of rotatable bonds is 6. The number of nitrogens with zero attached hydrogens (tertiary/aromatic N) is 5. The lowest BCUT2D eigenvalue weighted by molar-refractivity contribution is 0.429. The van der Waals surface area contributed by atoms with Gasteiger partial charge in [0.05, 0.1) is 35.8 Å². The summed E-state index contributed by atoms with van der Waals surface area (Å²) in [6.45, 7) is 0.677. The van der Waals surface area contributed by atoms with E-state index < -0.39 is 5.82 Å². The van der Waals surface area contributed by atoms with Crippen molar-refractivity contribution in [3.8, 4) is 17.8 Å². The summed E-state index contributed by atoms with van der Waals surface area (Å²) in [4.78, 5) is 21.8. The van der Waals surface area contributed by atoms with Gasteiger partial charge in [-0.3, -0.25) is 0 Å². The molecule has 10 heteroatoms. The van der Waals surface area contributed by atoms with Gasteiger partial charge in [0, 0.05) is 10.8 Å². The zero-order valence-corrected chi connectivity index (χ0v) is 21.5. The fraction of sp³-hybridized carbons (Fsp3) is 0.0645. The molecule has 0 radical (unpaired) electrons. The summed E-state index contributed by atoms with van der Waals surface area (Å²) in [5.74, 6) is -0.949. The van der Waals surface area contributed by atoms with Crippen LogP contribution in [0.3, 0.4) is 0 Å². The third-order valence-electron chi connectivity index (χ3n) is 6.72. The molecule has 0 spiro atoms. The van der Waals surface area contributed by atoms with E-state index >= 15 is 0 Å². The standard InChI is InChI=1S/C16H10FN3O2.C15H12N2O2/c17-12-5-6-14-13(7-12)15(19-22)16(21)20(14)9-11-4-2-1-3-10(11)8-18;18-15-14(16-19)12-8-4-5-9-13(12)17(15)10-11-6-2-1-3-7-11/h1-7,21H,9H2;1-9,18H,10H2. The van der Waals surface area contributed by atoms with Gasteiger partial charge in [-0.25, -0.2) is 4.39 Å². The molecule has 9 nitrogen and oxygen atoms in total. The third kappa shape index (κ3) is 5.12. The summed E-state index contributed by atoms with van der Waals surface area (Å²) < 4.78 is 16.5. The van der Waals surface area contributed by atoms with Gasteiger partial charge in [-0.15, -0.1) is 9.81 Å². The number of hydrogen-bond donors (Lipinski definition) is 2. The molecule has 6 aromatic rings. The van der Waals surface area contributed by atoms with Crippen molar-refractivity contribution in [2.45, 2.75) is 13.1 Å². The number of aromatic nitrogens is 2. The second-order valence-corrected chi connectivity index (χ2v) is 9.13. The third-order valence-corrected chi connectivity index (χ3v) is 6.72. The molecule has 4 aromatic carbocycles. The van der Waals surface area contributed by atoms with E-state index in [-0.39, 0.29) is 35.1 Å². The van der Waals surface area contributed by atoms with Crippen LogP contribution in [0.2, 0.25) is 0 Å². The largest absolute Gasteiger partial charge is 0.493 e. The van der Waals surface area contributed by atoms with Crippen molar-refractivity contribution in [1.82, 2.24) is 9.13 Å². The summed E-state index contributed by atoms with van der Waals surface area (Å²) in [6.07, 6.45) is 0. The second-order valence-electron chi connectivity index (χ2n) is 9.13. The van der Waals surface area contributed by atoms with E-state index in [2.05, 4.69) is 16.4 Å². The maximum absolute atomic E-state index is 13.4. The van der Waals surface area contributed by atoms with Crippen molar-refractivity contribution in [1.29, 1.82) is 5.26 Å². The smallest absolute Gasteiger partial charge is 0.222 e. The number of aromatic hydroxyl groups is 2. The molecule has 41 heavy (non-hydrogen) atoms. The van der Waals surface area contributed by atoms with Gasteiger partial charge in [-0.2, -0.15) is 5.26 Å². The van der Waals surface area contributed by atoms with Crippen molar-refractivity contribution < 1.29 is 14.6 Å². The minimum Gasteiger partial charge on any atom is -0.493 e. The summed E-state index contributed by atoms with van der Waals surface area (Å²) in [6, 6.07) is 30.0. The zero-order chi connectivity index (χ0) is 28.9. The molecule has 2 aromatic heterocycles. The van der Waals surface area contributed by atoms with Crippen LogP contribution in [0.25, 0.3) is 21.8 Å². The van der Waals surface area contributed by atoms with Crippen LogP contribution < -0.4 is 0 Å². The highest BCUT2D eigenvalue weighted by atomic mass is 19.1. The Balaban J connectivity index is 0.000000166. The summed E-state index contributed by atoms with van der Waals surface area (Å²) in [5.41, 5.74) is 3.37. The molecular weight excluding hydrogens is 525 g/mol. The van der Waals surface area contributed by atoms with Gasteiger partial charge in [-0.1, -0.05) is 66.7 Å². The Morgan fingerprint density at radius 3 is 2.00 bits per heavy atom. The number of nitroso groups, excluding NO2 is 2. The highest BCUT2D eigenvalue weighted by Crippen LogP contribution is 2.40. The van der Waals surface area contributed by atoms with E-state index in [0.29, 0.717) is 28.6 Å². The monoisotopic (exact) mass is 547 g/mol. The number of halogens is 1. The SMILES string of the molecule is N#Cc1ccccc1Cn1c(O)c(N=O)c2cc(F)ccc21.O=Nc1c(O)n(Cc2ccccc2)c2ccccc12. The average Bonchev–Trinajstić information content (AvgIpc) is 3.42. The van der Waals surface area contributed by atoms with Gasteiger partial charge in [0.15, 0.2) is 11.4 Å². The van der Waals surface area contributed by atoms with Gasteiger partial charge < -0.3 is 19.3 Å². The number of benzene rings is 4. The van der Waals surface area contributed by atoms with Gasteiger partial charge in [-0.05, 0) is 51.8 Å². The summed E-state index contributed by atoms with van der Waals surface area (Å²) in [5, 5.41) is 36.1. The molecule has 0 saturated heterocycles. The zero-order valence-electron chi connectivity index (χ0n) is 21.5. The molecule has 0 amide bonds. The molecule has 202 valence electrons. The van der Waals surface area contributed by atoms with Gasteiger partial charge >= 0.3 is 0 Å². The first-order valence-corrected chi connectivity index (χ1v) is 12.5. The normalized spacial score (nSPS) is 10.6. The Kier molecular flexibility index (Phi) is 7.52. The van der Waals surface area contributed by atoms with Crippen molar-refractivity contribution >= 4 is 33.2 Å². The fourth-order valence-corrected chi connectivity index (χ4v) is 4.77. The van der Waals surface area contributed by atoms with E-state index in [1.165, 1.54) is 16.7 Å². The maximum Gasteiger partial charge on any atom is 0.222 e. The highest BCUT2D eigenvalue weighted by Gasteiger charge is 2.19. The quantitative estimate of drug-likeness (QED) is 0.207. The Morgan fingerprint density at radius 2 is 1.29 bits per heavy atom. The number of fused-ring (bicyclic) bond motifs is 2.